The van der Waals surface area contributed by atoms with Crippen molar-refractivity contribution < 1.29 is 0 Å². The summed E-state index contributed by atoms with van der Waals surface area (Å²) in [4.78, 5) is 10.8. The molecule has 1 unspecified atom stereocenters. The molecule has 0 spiro atoms. The van der Waals surface area contributed by atoms with Crippen LogP contribution < -0.4 is 4.90 Å². The van der Waals surface area contributed by atoms with E-state index >= 15 is 0 Å². The zero-order chi connectivity index (χ0) is 12.1. The highest BCUT2D eigenvalue weighted by atomic mass is 35.5. The molecule has 3 nitrogen and oxygen atoms in total. The summed E-state index contributed by atoms with van der Waals surface area (Å²) < 4.78 is 0. The number of alkyl halides is 1. The third kappa shape index (κ3) is 3.63. The number of rotatable bonds is 5. The van der Waals surface area contributed by atoms with Gasteiger partial charge in [-0.3, -0.25) is 4.98 Å². The van der Waals surface area contributed by atoms with Gasteiger partial charge in [0.05, 0.1) is 24.0 Å². The van der Waals surface area contributed by atoms with Gasteiger partial charge < -0.3 is 4.90 Å². The molecule has 1 rings (SSSR count). The van der Waals surface area contributed by atoms with Crippen LogP contribution in [0.25, 0.3) is 0 Å². The molecular weight excluding hydrogens is 222 g/mol. The summed E-state index contributed by atoms with van der Waals surface area (Å²) in [6.07, 6.45) is 4.67. The first-order valence-corrected chi connectivity index (χ1v) is 6.17. The second kappa shape index (κ2) is 6.04. The molecule has 16 heavy (non-hydrogen) atoms. The van der Waals surface area contributed by atoms with Crippen LogP contribution in [0.15, 0.2) is 12.4 Å². The van der Waals surface area contributed by atoms with Gasteiger partial charge in [-0.25, -0.2) is 4.98 Å². The average Bonchev–Trinajstić information content (AvgIpc) is 2.27. The standard InChI is InChI=1S/C12H20ClN3/c1-9(2)5-10(3)16(4)12-8-14-11(6-13)7-15-12/h7-10H,5-6H2,1-4H3. The maximum absolute atomic E-state index is 5.67. The normalized spacial score (nSPS) is 12.9. The van der Waals surface area contributed by atoms with Gasteiger partial charge in [0.2, 0.25) is 0 Å². The van der Waals surface area contributed by atoms with Crippen LogP contribution in [0.1, 0.15) is 32.9 Å². The predicted molar refractivity (Wildman–Crippen MR) is 68.9 cm³/mol. The van der Waals surface area contributed by atoms with Crippen LogP contribution in [0.4, 0.5) is 5.82 Å². The van der Waals surface area contributed by atoms with E-state index in [0.29, 0.717) is 17.8 Å². The van der Waals surface area contributed by atoms with E-state index in [0.717, 1.165) is 17.9 Å². The molecule has 0 aliphatic rings. The zero-order valence-corrected chi connectivity index (χ0v) is 11.2. The minimum absolute atomic E-state index is 0.415. The number of hydrogen-bond acceptors (Lipinski definition) is 3. The minimum Gasteiger partial charge on any atom is -0.356 e. The monoisotopic (exact) mass is 241 g/mol. The van der Waals surface area contributed by atoms with E-state index in [1.807, 2.05) is 0 Å². The summed E-state index contributed by atoms with van der Waals surface area (Å²) in [6.45, 7) is 6.66. The number of hydrogen-bond donors (Lipinski definition) is 0. The van der Waals surface area contributed by atoms with Crippen LogP contribution in [0.3, 0.4) is 0 Å². The molecular formula is C12H20ClN3. The number of anilines is 1. The second-order valence-electron chi connectivity index (χ2n) is 4.59. The SMILES string of the molecule is CC(C)CC(C)N(C)c1cnc(CCl)cn1. The first kappa shape index (κ1) is 13.2. The predicted octanol–water partition coefficient (Wildman–Crippen LogP) is 3.09. The molecule has 0 amide bonds. The Balaban J connectivity index is 2.67. The molecule has 0 saturated carbocycles. The van der Waals surface area contributed by atoms with E-state index in [9.17, 15) is 0 Å². The van der Waals surface area contributed by atoms with Crippen LogP contribution in [0, 0.1) is 5.92 Å². The lowest BCUT2D eigenvalue weighted by Crippen LogP contribution is -2.30. The second-order valence-corrected chi connectivity index (χ2v) is 4.86. The van der Waals surface area contributed by atoms with Gasteiger partial charge >= 0.3 is 0 Å². The molecule has 0 aliphatic heterocycles. The van der Waals surface area contributed by atoms with Crippen LogP contribution >= 0.6 is 11.6 Å². The molecule has 0 saturated heterocycles. The summed E-state index contributed by atoms with van der Waals surface area (Å²) in [5, 5.41) is 0. The highest BCUT2D eigenvalue weighted by Gasteiger charge is 2.12. The van der Waals surface area contributed by atoms with Crippen molar-refractivity contribution in [3.8, 4) is 0 Å². The van der Waals surface area contributed by atoms with Crippen LogP contribution in [0.2, 0.25) is 0 Å². The Morgan fingerprint density at radius 1 is 1.25 bits per heavy atom. The maximum atomic E-state index is 5.67. The Labute approximate surface area is 103 Å². The summed E-state index contributed by atoms with van der Waals surface area (Å²) >= 11 is 5.67. The summed E-state index contributed by atoms with van der Waals surface area (Å²) in [5.41, 5.74) is 0.815. The van der Waals surface area contributed by atoms with Gasteiger partial charge in [0.1, 0.15) is 5.82 Å². The molecule has 90 valence electrons. The number of nitrogens with zero attached hydrogens (tertiary/aromatic N) is 3. The topological polar surface area (TPSA) is 29.0 Å². The van der Waals surface area contributed by atoms with E-state index in [1.54, 1.807) is 12.4 Å². The average molecular weight is 242 g/mol. The van der Waals surface area contributed by atoms with E-state index < -0.39 is 0 Å². The minimum atomic E-state index is 0.415. The van der Waals surface area contributed by atoms with Gasteiger partial charge in [-0.15, -0.1) is 11.6 Å². The van der Waals surface area contributed by atoms with E-state index in [4.69, 9.17) is 11.6 Å². The van der Waals surface area contributed by atoms with Crippen molar-refractivity contribution in [1.82, 2.24) is 9.97 Å². The van der Waals surface area contributed by atoms with Gasteiger partial charge in [0, 0.05) is 13.1 Å². The fraction of sp³-hybridized carbons (Fsp3) is 0.667. The quantitative estimate of drug-likeness (QED) is 0.742. The molecule has 0 aliphatic carbocycles. The molecule has 0 fully saturated rings. The van der Waals surface area contributed by atoms with Crippen molar-refractivity contribution in [2.24, 2.45) is 5.92 Å². The van der Waals surface area contributed by atoms with Gasteiger partial charge in [-0.2, -0.15) is 0 Å². The number of halogens is 1. The van der Waals surface area contributed by atoms with Crippen LogP contribution in [-0.4, -0.2) is 23.1 Å². The van der Waals surface area contributed by atoms with Crippen molar-refractivity contribution in [3.05, 3.63) is 18.1 Å². The van der Waals surface area contributed by atoms with E-state index in [1.165, 1.54) is 0 Å². The largest absolute Gasteiger partial charge is 0.356 e. The van der Waals surface area contributed by atoms with Gasteiger partial charge in [-0.05, 0) is 19.3 Å². The highest BCUT2D eigenvalue weighted by molar-refractivity contribution is 6.16. The van der Waals surface area contributed by atoms with E-state index in [-0.39, 0.29) is 0 Å². The van der Waals surface area contributed by atoms with Crippen molar-refractivity contribution >= 4 is 17.4 Å². The van der Waals surface area contributed by atoms with Crippen LogP contribution in [-0.2, 0) is 5.88 Å². The lowest BCUT2D eigenvalue weighted by molar-refractivity contribution is 0.501. The first-order chi connectivity index (χ1) is 7.54. The summed E-state index contributed by atoms with van der Waals surface area (Å²) in [5.74, 6) is 2.01. The molecule has 0 aromatic carbocycles. The molecule has 0 radical (unpaired) electrons. The van der Waals surface area contributed by atoms with Crippen LogP contribution in [0.5, 0.6) is 0 Å². The van der Waals surface area contributed by atoms with E-state index in [2.05, 4.69) is 42.7 Å². The van der Waals surface area contributed by atoms with Crippen molar-refractivity contribution in [2.75, 3.05) is 11.9 Å². The van der Waals surface area contributed by atoms with Crippen molar-refractivity contribution in [2.45, 2.75) is 39.1 Å². The Kier molecular flexibility index (Phi) is 5.00. The third-order valence-corrected chi connectivity index (χ3v) is 2.94. The molecule has 1 aromatic rings. The Hall–Kier alpha value is -0.830. The Bertz CT molecular complexity index is 311. The van der Waals surface area contributed by atoms with Crippen molar-refractivity contribution in [1.29, 1.82) is 0 Å². The zero-order valence-electron chi connectivity index (χ0n) is 10.4. The van der Waals surface area contributed by atoms with Gasteiger partial charge in [0.25, 0.3) is 0 Å². The van der Waals surface area contributed by atoms with Gasteiger partial charge in [0.15, 0.2) is 0 Å². The Morgan fingerprint density at radius 2 is 1.94 bits per heavy atom. The molecule has 1 atom stereocenters. The smallest absolute Gasteiger partial charge is 0.147 e. The summed E-state index contributed by atoms with van der Waals surface area (Å²) in [7, 11) is 2.05. The molecule has 0 N–H and O–H groups in total. The first-order valence-electron chi connectivity index (χ1n) is 5.64. The summed E-state index contributed by atoms with van der Waals surface area (Å²) in [6, 6.07) is 0.469. The lowest BCUT2D eigenvalue weighted by atomic mass is 10.0. The molecule has 1 heterocycles. The highest BCUT2D eigenvalue weighted by Crippen LogP contribution is 2.16. The van der Waals surface area contributed by atoms with Gasteiger partial charge in [-0.1, -0.05) is 13.8 Å². The fourth-order valence-electron chi connectivity index (χ4n) is 1.67. The maximum Gasteiger partial charge on any atom is 0.147 e. The molecule has 0 bridgehead atoms. The molecule has 1 aromatic heterocycles. The lowest BCUT2D eigenvalue weighted by Gasteiger charge is -2.27. The fourth-order valence-corrected chi connectivity index (χ4v) is 1.80. The number of aromatic nitrogens is 2. The van der Waals surface area contributed by atoms with Crippen molar-refractivity contribution in [3.63, 3.8) is 0 Å². The molecule has 4 heteroatoms. The third-order valence-electron chi connectivity index (χ3n) is 2.66. The Morgan fingerprint density at radius 3 is 2.38 bits per heavy atom.